The van der Waals surface area contributed by atoms with E-state index in [0.29, 0.717) is 18.5 Å². The van der Waals surface area contributed by atoms with Gasteiger partial charge in [-0.15, -0.1) is 0 Å². The maximum atomic E-state index is 11.3. The highest BCUT2D eigenvalue weighted by molar-refractivity contribution is 5.70. The van der Waals surface area contributed by atoms with Crippen LogP contribution in [0.15, 0.2) is 0 Å². The van der Waals surface area contributed by atoms with E-state index in [4.69, 9.17) is 0 Å². The Bertz CT molecular complexity index is 258. The molecule has 0 spiro atoms. The molecule has 0 aromatic heterocycles. The van der Waals surface area contributed by atoms with Gasteiger partial charge in [0.05, 0.1) is 5.92 Å². The van der Waals surface area contributed by atoms with Crippen molar-refractivity contribution in [2.24, 2.45) is 11.8 Å². The molecule has 2 N–H and O–H groups in total. The summed E-state index contributed by atoms with van der Waals surface area (Å²) in [5.74, 6) is -0.441. The molecule has 1 heterocycles. The quantitative estimate of drug-likeness (QED) is 0.732. The Labute approximate surface area is 103 Å². The van der Waals surface area contributed by atoms with Gasteiger partial charge in [-0.05, 0) is 51.2 Å². The molecule has 4 nitrogen and oxygen atoms in total. The first-order valence-corrected chi connectivity index (χ1v) is 6.89. The highest BCUT2D eigenvalue weighted by Gasteiger charge is 2.32. The van der Waals surface area contributed by atoms with Crippen molar-refractivity contribution in [1.82, 2.24) is 10.2 Å². The molecule has 2 rings (SSSR count). The van der Waals surface area contributed by atoms with E-state index in [-0.39, 0.29) is 5.92 Å². The van der Waals surface area contributed by atoms with E-state index in [1.165, 1.54) is 12.8 Å². The molecule has 2 fully saturated rings. The number of nitrogens with zero attached hydrogens (tertiary/aromatic N) is 1. The lowest BCUT2D eigenvalue weighted by molar-refractivity contribution is -0.144. The van der Waals surface area contributed by atoms with Crippen LogP contribution >= 0.6 is 0 Å². The molecule has 1 saturated heterocycles. The lowest BCUT2D eigenvalue weighted by atomic mass is 9.84. The predicted octanol–water partition coefficient (Wildman–Crippen LogP) is 1.17. The summed E-state index contributed by atoms with van der Waals surface area (Å²) in [5.41, 5.74) is 0. The van der Waals surface area contributed by atoms with Gasteiger partial charge >= 0.3 is 5.97 Å². The molecule has 0 aromatic carbocycles. The molecule has 2 aliphatic rings. The van der Waals surface area contributed by atoms with Crippen LogP contribution in [0.4, 0.5) is 0 Å². The number of nitrogens with one attached hydrogen (secondary N) is 1. The predicted molar refractivity (Wildman–Crippen MR) is 67.0 cm³/mol. The number of carboxylic acid groups (broad SMARTS) is 1. The maximum Gasteiger partial charge on any atom is 0.308 e. The van der Waals surface area contributed by atoms with Crippen LogP contribution in [-0.2, 0) is 4.79 Å². The third kappa shape index (κ3) is 3.68. The second-order valence-electron chi connectivity index (χ2n) is 5.40. The molecule has 4 heteroatoms. The SMILES string of the molecule is CCN1CCC(C(CNC2CC2)C(=O)O)CC1. The maximum absolute atomic E-state index is 11.3. The van der Waals surface area contributed by atoms with Gasteiger partial charge in [-0.2, -0.15) is 0 Å². The Balaban J connectivity index is 1.80. The Hall–Kier alpha value is -0.610. The van der Waals surface area contributed by atoms with Crippen LogP contribution in [0.25, 0.3) is 0 Å². The molecule has 1 aliphatic carbocycles. The van der Waals surface area contributed by atoms with E-state index in [1.807, 2.05) is 0 Å². The van der Waals surface area contributed by atoms with Gasteiger partial charge in [0.15, 0.2) is 0 Å². The molecule has 1 atom stereocenters. The number of likely N-dealkylation sites (tertiary alicyclic amines) is 1. The minimum Gasteiger partial charge on any atom is -0.481 e. The van der Waals surface area contributed by atoms with Gasteiger partial charge in [0.2, 0.25) is 0 Å². The van der Waals surface area contributed by atoms with E-state index in [9.17, 15) is 9.90 Å². The van der Waals surface area contributed by atoms with Crippen LogP contribution in [0.3, 0.4) is 0 Å². The van der Waals surface area contributed by atoms with E-state index in [2.05, 4.69) is 17.1 Å². The zero-order valence-corrected chi connectivity index (χ0v) is 10.7. The molecular weight excluding hydrogens is 216 g/mol. The van der Waals surface area contributed by atoms with Crippen molar-refractivity contribution >= 4 is 5.97 Å². The third-order valence-electron chi connectivity index (χ3n) is 4.17. The van der Waals surface area contributed by atoms with E-state index in [0.717, 1.165) is 32.5 Å². The standard InChI is InChI=1S/C13H24N2O2/c1-2-15-7-5-10(6-8-15)12(13(16)17)9-14-11-3-4-11/h10-12,14H,2-9H2,1H3,(H,16,17). The minimum atomic E-state index is -0.618. The Morgan fingerprint density at radius 1 is 1.35 bits per heavy atom. The summed E-state index contributed by atoms with van der Waals surface area (Å²) in [7, 11) is 0. The second kappa shape index (κ2) is 5.83. The molecule has 0 bridgehead atoms. The highest BCUT2D eigenvalue weighted by atomic mass is 16.4. The molecule has 1 saturated carbocycles. The molecule has 1 aliphatic heterocycles. The van der Waals surface area contributed by atoms with Gasteiger partial charge in [-0.1, -0.05) is 6.92 Å². The lowest BCUT2D eigenvalue weighted by Gasteiger charge is -2.34. The zero-order chi connectivity index (χ0) is 12.3. The fourth-order valence-electron chi connectivity index (χ4n) is 2.71. The zero-order valence-electron chi connectivity index (χ0n) is 10.7. The van der Waals surface area contributed by atoms with Crippen LogP contribution in [0, 0.1) is 11.8 Å². The normalized spacial score (nSPS) is 24.8. The Morgan fingerprint density at radius 3 is 2.47 bits per heavy atom. The number of rotatable bonds is 6. The van der Waals surface area contributed by atoms with Gasteiger partial charge in [0, 0.05) is 12.6 Å². The molecule has 17 heavy (non-hydrogen) atoms. The van der Waals surface area contributed by atoms with Crippen LogP contribution < -0.4 is 5.32 Å². The van der Waals surface area contributed by atoms with E-state index >= 15 is 0 Å². The second-order valence-corrected chi connectivity index (χ2v) is 5.40. The molecule has 0 amide bonds. The third-order valence-corrected chi connectivity index (χ3v) is 4.17. The summed E-state index contributed by atoms with van der Waals surface area (Å²) < 4.78 is 0. The van der Waals surface area contributed by atoms with Crippen molar-refractivity contribution in [3.63, 3.8) is 0 Å². The highest BCUT2D eigenvalue weighted by Crippen LogP contribution is 2.26. The van der Waals surface area contributed by atoms with E-state index < -0.39 is 5.97 Å². The molecule has 0 aromatic rings. The van der Waals surface area contributed by atoms with Crippen molar-refractivity contribution < 1.29 is 9.90 Å². The van der Waals surface area contributed by atoms with Gasteiger partial charge < -0.3 is 15.3 Å². The lowest BCUT2D eigenvalue weighted by Crippen LogP contribution is -2.41. The molecule has 0 radical (unpaired) electrons. The Morgan fingerprint density at radius 2 is 2.00 bits per heavy atom. The summed E-state index contributed by atoms with van der Waals surface area (Å²) in [5, 5.41) is 12.7. The first kappa shape index (κ1) is 12.8. The van der Waals surface area contributed by atoms with Crippen LogP contribution in [0.5, 0.6) is 0 Å². The first-order chi connectivity index (χ1) is 8.20. The monoisotopic (exact) mass is 240 g/mol. The molecule has 1 unspecified atom stereocenters. The van der Waals surface area contributed by atoms with Gasteiger partial charge in [-0.25, -0.2) is 0 Å². The van der Waals surface area contributed by atoms with Crippen molar-refractivity contribution in [2.45, 2.75) is 38.6 Å². The van der Waals surface area contributed by atoms with Crippen LogP contribution in [-0.4, -0.2) is 48.2 Å². The summed E-state index contributed by atoms with van der Waals surface area (Å²) in [6, 6.07) is 0.604. The fourth-order valence-corrected chi connectivity index (χ4v) is 2.71. The van der Waals surface area contributed by atoms with Crippen molar-refractivity contribution in [3.05, 3.63) is 0 Å². The van der Waals surface area contributed by atoms with E-state index in [1.54, 1.807) is 0 Å². The number of piperidine rings is 1. The number of carbonyl (C=O) groups is 1. The average molecular weight is 240 g/mol. The number of hydrogen-bond donors (Lipinski definition) is 2. The van der Waals surface area contributed by atoms with Crippen molar-refractivity contribution in [3.8, 4) is 0 Å². The summed E-state index contributed by atoms with van der Waals surface area (Å²) in [6.07, 6.45) is 4.52. The molecule has 98 valence electrons. The van der Waals surface area contributed by atoms with Crippen molar-refractivity contribution in [1.29, 1.82) is 0 Å². The number of hydrogen-bond acceptors (Lipinski definition) is 3. The molecular formula is C13H24N2O2. The van der Waals surface area contributed by atoms with Gasteiger partial charge in [-0.3, -0.25) is 4.79 Å². The Kier molecular flexibility index (Phi) is 4.40. The average Bonchev–Trinajstić information content (AvgIpc) is 3.14. The summed E-state index contributed by atoms with van der Waals surface area (Å²) in [4.78, 5) is 13.7. The fraction of sp³-hybridized carbons (Fsp3) is 0.923. The van der Waals surface area contributed by atoms with Crippen LogP contribution in [0.1, 0.15) is 32.6 Å². The van der Waals surface area contributed by atoms with Crippen LogP contribution in [0.2, 0.25) is 0 Å². The van der Waals surface area contributed by atoms with Gasteiger partial charge in [0.1, 0.15) is 0 Å². The number of aliphatic carboxylic acids is 1. The number of carboxylic acids is 1. The topological polar surface area (TPSA) is 52.6 Å². The summed E-state index contributed by atoms with van der Waals surface area (Å²) >= 11 is 0. The first-order valence-electron chi connectivity index (χ1n) is 6.89. The van der Waals surface area contributed by atoms with Crippen molar-refractivity contribution in [2.75, 3.05) is 26.2 Å². The minimum absolute atomic E-state index is 0.186. The smallest absolute Gasteiger partial charge is 0.308 e. The summed E-state index contributed by atoms with van der Waals surface area (Å²) in [6.45, 7) is 6.05. The van der Waals surface area contributed by atoms with Gasteiger partial charge in [0.25, 0.3) is 0 Å². The largest absolute Gasteiger partial charge is 0.481 e.